The summed E-state index contributed by atoms with van der Waals surface area (Å²) in [4.78, 5) is 28.6. The van der Waals surface area contributed by atoms with Crippen molar-refractivity contribution < 1.29 is 14.0 Å². The first kappa shape index (κ1) is 27.9. The minimum Gasteiger partial charge on any atom is -0.354 e. The minimum atomic E-state index is -0.683. The monoisotopic (exact) mass is 570 g/mol. The van der Waals surface area contributed by atoms with Crippen LogP contribution in [0.3, 0.4) is 0 Å². The van der Waals surface area contributed by atoms with Crippen LogP contribution in [0, 0.1) is 11.7 Å². The van der Waals surface area contributed by atoms with Gasteiger partial charge in [-0.05, 0) is 46.9 Å². The SMILES string of the molecule is CC(C)CNC(=O)[C@H](Cc1ccccc1)N(Cc1ccc(F)cc1)C(=O)CSCc1ccc(Br)cc1. The Labute approximate surface area is 225 Å². The second-order valence-corrected chi connectivity index (χ2v) is 11.0. The van der Waals surface area contributed by atoms with Crippen LogP contribution in [0.25, 0.3) is 0 Å². The van der Waals surface area contributed by atoms with Gasteiger partial charge in [0.2, 0.25) is 11.8 Å². The van der Waals surface area contributed by atoms with Crippen LogP contribution in [-0.2, 0) is 28.3 Å². The largest absolute Gasteiger partial charge is 0.354 e. The zero-order valence-corrected chi connectivity index (χ0v) is 23.0. The van der Waals surface area contributed by atoms with E-state index in [1.54, 1.807) is 17.0 Å². The quantitative estimate of drug-likeness (QED) is 0.280. The molecule has 0 radical (unpaired) electrons. The minimum absolute atomic E-state index is 0.123. The van der Waals surface area contributed by atoms with Gasteiger partial charge in [-0.15, -0.1) is 11.8 Å². The predicted octanol–water partition coefficient (Wildman–Crippen LogP) is 6.23. The lowest BCUT2D eigenvalue weighted by Crippen LogP contribution is -2.51. The highest BCUT2D eigenvalue weighted by Gasteiger charge is 2.30. The fourth-order valence-electron chi connectivity index (χ4n) is 3.68. The van der Waals surface area contributed by atoms with Gasteiger partial charge < -0.3 is 10.2 Å². The number of hydrogen-bond acceptors (Lipinski definition) is 3. The molecule has 0 bridgehead atoms. The molecule has 190 valence electrons. The van der Waals surface area contributed by atoms with Gasteiger partial charge in [0.15, 0.2) is 0 Å². The Balaban J connectivity index is 1.82. The summed E-state index contributed by atoms with van der Waals surface area (Å²) in [5, 5.41) is 3.02. The molecule has 4 nitrogen and oxygen atoms in total. The van der Waals surface area contributed by atoms with E-state index in [9.17, 15) is 14.0 Å². The first-order valence-corrected chi connectivity index (χ1v) is 13.9. The summed E-state index contributed by atoms with van der Waals surface area (Å²) in [6.45, 7) is 4.82. The van der Waals surface area contributed by atoms with Gasteiger partial charge in [-0.2, -0.15) is 0 Å². The normalized spacial score (nSPS) is 11.8. The van der Waals surface area contributed by atoms with Gasteiger partial charge in [0.05, 0.1) is 5.75 Å². The third kappa shape index (κ3) is 9.10. The lowest BCUT2D eigenvalue weighted by molar-refractivity contribution is -0.139. The Morgan fingerprint density at radius 3 is 2.19 bits per heavy atom. The van der Waals surface area contributed by atoms with Crippen LogP contribution in [0.4, 0.5) is 4.39 Å². The van der Waals surface area contributed by atoms with E-state index in [0.717, 1.165) is 21.2 Å². The maximum atomic E-state index is 13.6. The molecule has 0 heterocycles. The van der Waals surface area contributed by atoms with Crippen LogP contribution in [0.5, 0.6) is 0 Å². The van der Waals surface area contributed by atoms with Crippen molar-refractivity contribution in [3.8, 4) is 0 Å². The number of nitrogens with zero attached hydrogens (tertiary/aromatic N) is 1. The first-order valence-electron chi connectivity index (χ1n) is 12.0. The molecule has 0 saturated heterocycles. The molecule has 7 heteroatoms. The second kappa shape index (κ2) is 14.2. The van der Waals surface area contributed by atoms with Crippen molar-refractivity contribution in [1.29, 1.82) is 0 Å². The lowest BCUT2D eigenvalue weighted by atomic mass is 10.0. The maximum Gasteiger partial charge on any atom is 0.243 e. The summed E-state index contributed by atoms with van der Waals surface area (Å²) in [7, 11) is 0. The molecule has 3 aromatic rings. The Bertz CT molecular complexity index is 1110. The Kier molecular flexibility index (Phi) is 11.0. The van der Waals surface area contributed by atoms with Crippen LogP contribution in [-0.4, -0.2) is 35.1 Å². The molecule has 0 aromatic heterocycles. The number of nitrogens with one attached hydrogen (secondary N) is 1. The predicted molar refractivity (Wildman–Crippen MR) is 149 cm³/mol. The maximum absolute atomic E-state index is 13.6. The molecule has 3 aromatic carbocycles. The van der Waals surface area contributed by atoms with Gasteiger partial charge in [0.1, 0.15) is 11.9 Å². The summed E-state index contributed by atoms with van der Waals surface area (Å²) in [5.74, 6) is 0.570. The molecule has 0 aliphatic rings. The fourth-order valence-corrected chi connectivity index (χ4v) is 4.82. The number of carbonyl (C=O) groups excluding carboxylic acids is 2. The molecule has 2 amide bonds. The summed E-state index contributed by atoms with van der Waals surface area (Å²) < 4.78 is 14.5. The van der Waals surface area contributed by atoms with Crippen molar-refractivity contribution in [2.75, 3.05) is 12.3 Å². The number of hydrogen-bond donors (Lipinski definition) is 1. The van der Waals surface area contributed by atoms with E-state index in [1.165, 1.54) is 23.9 Å². The zero-order valence-electron chi connectivity index (χ0n) is 20.6. The van der Waals surface area contributed by atoms with Gasteiger partial charge in [0, 0.05) is 29.7 Å². The Morgan fingerprint density at radius 1 is 0.917 bits per heavy atom. The molecule has 0 aliphatic heterocycles. The van der Waals surface area contributed by atoms with E-state index in [4.69, 9.17) is 0 Å². The van der Waals surface area contributed by atoms with E-state index < -0.39 is 6.04 Å². The van der Waals surface area contributed by atoms with Gasteiger partial charge in [-0.25, -0.2) is 4.39 Å². The van der Waals surface area contributed by atoms with E-state index in [0.29, 0.717) is 18.7 Å². The molecule has 36 heavy (non-hydrogen) atoms. The van der Waals surface area contributed by atoms with Crippen LogP contribution in [0.2, 0.25) is 0 Å². The van der Waals surface area contributed by atoms with Crippen LogP contribution < -0.4 is 5.32 Å². The van der Waals surface area contributed by atoms with Gasteiger partial charge in [-0.1, -0.05) is 84.4 Å². The summed E-state index contributed by atoms with van der Waals surface area (Å²) in [6, 6.07) is 23.1. The number of thioether (sulfide) groups is 1. The van der Waals surface area contributed by atoms with Gasteiger partial charge >= 0.3 is 0 Å². The van der Waals surface area contributed by atoms with Crippen LogP contribution in [0.15, 0.2) is 83.3 Å². The lowest BCUT2D eigenvalue weighted by Gasteiger charge is -2.32. The summed E-state index contributed by atoms with van der Waals surface area (Å²) >= 11 is 4.96. The summed E-state index contributed by atoms with van der Waals surface area (Å²) in [6.07, 6.45) is 0.398. The van der Waals surface area contributed by atoms with Crippen molar-refractivity contribution in [3.05, 3.63) is 106 Å². The average Bonchev–Trinajstić information content (AvgIpc) is 2.87. The average molecular weight is 572 g/mol. The van der Waals surface area contributed by atoms with Crippen LogP contribution >= 0.6 is 27.7 Å². The molecule has 0 fully saturated rings. The third-order valence-electron chi connectivity index (χ3n) is 5.63. The fraction of sp³-hybridized carbons (Fsp3) is 0.310. The molecule has 0 aliphatic carbocycles. The molecule has 3 rings (SSSR count). The van der Waals surface area contributed by atoms with Crippen molar-refractivity contribution in [3.63, 3.8) is 0 Å². The van der Waals surface area contributed by atoms with E-state index in [2.05, 4.69) is 21.2 Å². The molecule has 1 N–H and O–H groups in total. The standard InChI is InChI=1S/C29H32BrFN2O2S/c1-21(2)17-32-29(35)27(16-22-6-4-3-5-7-22)33(18-23-10-14-26(31)15-11-23)28(34)20-36-19-24-8-12-25(30)13-9-24/h3-15,21,27H,16-20H2,1-2H3,(H,32,35)/t27-/m0/s1. The van der Waals surface area contributed by atoms with Crippen molar-refractivity contribution in [2.45, 2.75) is 38.6 Å². The van der Waals surface area contributed by atoms with Gasteiger partial charge in [-0.3, -0.25) is 9.59 Å². The molecule has 0 unspecified atom stereocenters. The number of halogens is 2. The van der Waals surface area contributed by atoms with E-state index >= 15 is 0 Å². The summed E-state index contributed by atoms with van der Waals surface area (Å²) in [5.41, 5.74) is 2.87. The molecule has 0 saturated carbocycles. The van der Waals surface area contributed by atoms with Crippen molar-refractivity contribution in [2.24, 2.45) is 5.92 Å². The van der Waals surface area contributed by atoms with E-state index in [-0.39, 0.29) is 35.8 Å². The Morgan fingerprint density at radius 2 is 1.56 bits per heavy atom. The van der Waals surface area contributed by atoms with Crippen molar-refractivity contribution >= 4 is 39.5 Å². The highest BCUT2D eigenvalue weighted by atomic mass is 79.9. The Hall–Kier alpha value is -2.64. The van der Waals surface area contributed by atoms with Gasteiger partial charge in [0.25, 0.3) is 0 Å². The molecule has 1 atom stereocenters. The third-order valence-corrected chi connectivity index (χ3v) is 7.15. The highest BCUT2D eigenvalue weighted by Crippen LogP contribution is 2.20. The number of rotatable bonds is 12. The topological polar surface area (TPSA) is 49.4 Å². The van der Waals surface area contributed by atoms with Crippen LogP contribution in [0.1, 0.15) is 30.5 Å². The molecular formula is C29H32BrFN2O2S. The second-order valence-electron chi connectivity index (χ2n) is 9.11. The number of amides is 2. The molecular weight excluding hydrogens is 539 g/mol. The number of benzene rings is 3. The number of carbonyl (C=O) groups is 2. The molecule has 0 spiro atoms. The first-order chi connectivity index (χ1) is 17.3. The highest BCUT2D eigenvalue weighted by molar-refractivity contribution is 9.10. The zero-order chi connectivity index (χ0) is 25.9. The smallest absolute Gasteiger partial charge is 0.243 e. The van der Waals surface area contributed by atoms with Crippen molar-refractivity contribution in [1.82, 2.24) is 10.2 Å². The van der Waals surface area contributed by atoms with E-state index in [1.807, 2.05) is 68.4 Å².